The van der Waals surface area contributed by atoms with E-state index in [1.54, 1.807) is 0 Å². The quantitative estimate of drug-likeness (QED) is 0.797. The van der Waals surface area contributed by atoms with Gasteiger partial charge in [0.25, 0.3) is 0 Å². The second-order valence-corrected chi connectivity index (χ2v) is 4.27. The standard InChI is InChI=1S/C15H12ClN/c16-15-8-4-3-6-13(15)10-9-12-5-1-2-7-14(12)11-17/h1-8H,9-10H2. The van der Waals surface area contributed by atoms with Crippen molar-refractivity contribution in [2.24, 2.45) is 0 Å². The van der Waals surface area contributed by atoms with Gasteiger partial charge in [-0.05, 0) is 36.1 Å². The Morgan fingerprint density at radius 3 is 2.18 bits per heavy atom. The highest BCUT2D eigenvalue weighted by Gasteiger charge is 2.03. The fraction of sp³-hybridized carbons (Fsp3) is 0.133. The first kappa shape index (κ1) is 11.7. The molecule has 0 saturated carbocycles. The minimum Gasteiger partial charge on any atom is -0.192 e. The van der Waals surface area contributed by atoms with Crippen LogP contribution in [0, 0.1) is 11.3 Å². The van der Waals surface area contributed by atoms with Crippen LogP contribution in [0.2, 0.25) is 5.02 Å². The summed E-state index contributed by atoms with van der Waals surface area (Å²) in [6, 6.07) is 17.7. The molecule has 0 radical (unpaired) electrons. The monoisotopic (exact) mass is 241 g/mol. The normalized spacial score (nSPS) is 9.88. The van der Waals surface area contributed by atoms with Crippen LogP contribution in [0.15, 0.2) is 48.5 Å². The van der Waals surface area contributed by atoms with E-state index in [0.29, 0.717) is 0 Å². The Labute approximate surface area is 106 Å². The smallest absolute Gasteiger partial charge is 0.0994 e. The summed E-state index contributed by atoms with van der Waals surface area (Å²) in [5, 5.41) is 9.79. The molecule has 2 heteroatoms. The molecule has 17 heavy (non-hydrogen) atoms. The first-order chi connectivity index (χ1) is 8.31. The molecule has 0 aromatic heterocycles. The first-order valence-electron chi connectivity index (χ1n) is 5.52. The lowest BCUT2D eigenvalue weighted by Crippen LogP contribution is -1.95. The molecule has 0 heterocycles. The molecule has 0 N–H and O–H groups in total. The zero-order valence-electron chi connectivity index (χ0n) is 9.36. The summed E-state index contributed by atoms with van der Waals surface area (Å²) in [5.74, 6) is 0. The topological polar surface area (TPSA) is 23.8 Å². The van der Waals surface area contributed by atoms with E-state index in [1.807, 2.05) is 48.5 Å². The van der Waals surface area contributed by atoms with Crippen molar-refractivity contribution in [3.8, 4) is 6.07 Å². The van der Waals surface area contributed by atoms with Crippen molar-refractivity contribution >= 4 is 11.6 Å². The molecule has 0 aliphatic rings. The molecule has 2 aromatic rings. The van der Waals surface area contributed by atoms with Crippen LogP contribution in [0.4, 0.5) is 0 Å². The lowest BCUT2D eigenvalue weighted by molar-refractivity contribution is 0.956. The minimum absolute atomic E-state index is 0.750. The van der Waals surface area contributed by atoms with Crippen LogP contribution >= 0.6 is 11.6 Å². The summed E-state index contributed by atoms with van der Waals surface area (Å²) in [6.07, 6.45) is 1.70. The summed E-state index contributed by atoms with van der Waals surface area (Å²) >= 11 is 6.10. The second-order valence-electron chi connectivity index (χ2n) is 3.86. The van der Waals surface area contributed by atoms with Gasteiger partial charge < -0.3 is 0 Å². The maximum atomic E-state index is 8.99. The molecule has 0 saturated heterocycles. The molecule has 1 nitrogen and oxygen atoms in total. The summed E-state index contributed by atoms with van der Waals surface area (Å²) in [7, 11) is 0. The molecule has 0 bridgehead atoms. The maximum Gasteiger partial charge on any atom is 0.0994 e. The van der Waals surface area contributed by atoms with Crippen molar-refractivity contribution in [3.05, 3.63) is 70.2 Å². The van der Waals surface area contributed by atoms with Crippen LogP contribution in [0.1, 0.15) is 16.7 Å². The third-order valence-electron chi connectivity index (χ3n) is 2.76. The van der Waals surface area contributed by atoms with Crippen LogP contribution < -0.4 is 0 Å². The molecule has 0 atom stereocenters. The van der Waals surface area contributed by atoms with Gasteiger partial charge in [-0.15, -0.1) is 0 Å². The van der Waals surface area contributed by atoms with Crippen molar-refractivity contribution in [3.63, 3.8) is 0 Å². The van der Waals surface area contributed by atoms with Crippen LogP contribution in [-0.4, -0.2) is 0 Å². The number of hydrogen-bond donors (Lipinski definition) is 0. The predicted molar refractivity (Wildman–Crippen MR) is 70.0 cm³/mol. The van der Waals surface area contributed by atoms with Crippen molar-refractivity contribution in [1.29, 1.82) is 5.26 Å². The maximum absolute atomic E-state index is 8.99. The van der Waals surface area contributed by atoms with Crippen molar-refractivity contribution < 1.29 is 0 Å². The first-order valence-corrected chi connectivity index (χ1v) is 5.90. The molecular formula is C15H12ClN. The molecule has 84 valence electrons. The molecule has 0 fully saturated rings. The van der Waals surface area contributed by atoms with Crippen LogP contribution in [0.3, 0.4) is 0 Å². The van der Waals surface area contributed by atoms with Crippen LogP contribution in [-0.2, 0) is 12.8 Å². The molecule has 0 spiro atoms. The Morgan fingerprint density at radius 2 is 1.47 bits per heavy atom. The number of hydrogen-bond acceptors (Lipinski definition) is 1. The van der Waals surface area contributed by atoms with Gasteiger partial charge in [0.1, 0.15) is 0 Å². The zero-order chi connectivity index (χ0) is 12.1. The zero-order valence-corrected chi connectivity index (χ0v) is 10.1. The Balaban J connectivity index is 2.13. The fourth-order valence-corrected chi connectivity index (χ4v) is 2.05. The SMILES string of the molecule is N#Cc1ccccc1CCc1ccccc1Cl. The van der Waals surface area contributed by atoms with Gasteiger partial charge in [-0.1, -0.05) is 48.0 Å². The molecular weight excluding hydrogens is 230 g/mol. The third kappa shape index (κ3) is 2.87. The molecule has 0 aliphatic heterocycles. The van der Waals surface area contributed by atoms with E-state index < -0.39 is 0 Å². The van der Waals surface area contributed by atoms with Gasteiger partial charge in [-0.2, -0.15) is 5.26 Å². The minimum atomic E-state index is 0.750. The van der Waals surface area contributed by atoms with Gasteiger partial charge in [0.15, 0.2) is 0 Å². The molecule has 2 aromatic carbocycles. The van der Waals surface area contributed by atoms with E-state index in [2.05, 4.69) is 6.07 Å². The summed E-state index contributed by atoms with van der Waals surface area (Å²) in [4.78, 5) is 0. The van der Waals surface area contributed by atoms with Gasteiger partial charge in [-0.25, -0.2) is 0 Å². The van der Waals surface area contributed by atoms with E-state index in [-0.39, 0.29) is 0 Å². The average molecular weight is 242 g/mol. The average Bonchev–Trinajstić information content (AvgIpc) is 2.38. The van der Waals surface area contributed by atoms with E-state index in [0.717, 1.165) is 34.6 Å². The van der Waals surface area contributed by atoms with E-state index >= 15 is 0 Å². The fourth-order valence-electron chi connectivity index (χ4n) is 1.82. The van der Waals surface area contributed by atoms with Crippen LogP contribution in [0.25, 0.3) is 0 Å². The van der Waals surface area contributed by atoms with E-state index in [1.165, 1.54) is 0 Å². The number of rotatable bonds is 3. The van der Waals surface area contributed by atoms with Gasteiger partial charge in [0.05, 0.1) is 11.6 Å². The lowest BCUT2D eigenvalue weighted by Gasteiger charge is -2.05. The number of aryl methyl sites for hydroxylation is 2. The Kier molecular flexibility index (Phi) is 3.80. The van der Waals surface area contributed by atoms with Gasteiger partial charge in [0.2, 0.25) is 0 Å². The highest BCUT2D eigenvalue weighted by atomic mass is 35.5. The third-order valence-corrected chi connectivity index (χ3v) is 3.13. The summed E-state index contributed by atoms with van der Waals surface area (Å²) in [5.41, 5.74) is 2.95. The van der Waals surface area contributed by atoms with E-state index in [9.17, 15) is 0 Å². The Bertz CT molecular complexity index is 555. The van der Waals surface area contributed by atoms with Crippen LogP contribution in [0.5, 0.6) is 0 Å². The number of nitriles is 1. The molecule has 2 rings (SSSR count). The van der Waals surface area contributed by atoms with Gasteiger partial charge in [-0.3, -0.25) is 0 Å². The Hall–Kier alpha value is -1.78. The molecule has 0 unspecified atom stereocenters. The highest BCUT2D eigenvalue weighted by molar-refractivity contribution is 6.31. The molecule has 0 aliphatic carbocycles. The van der Waals surface area contributed by atoms with Crippen molar-refractivity contribution in [1.82, 2.24) is 0 Å². The Morgan fingerprint density at radius 1 is 0.882 bits per heavy atom. The van der Waals surface area contributed by atoms with Gasteiger partial charge in [0, 0.05) is 5.02 Å². The van der Waals surface area contributed by atoms with Crippen molar-refractivity contribution in [2.45, 2.75) is 12.8 Å². The van der Waals surface area contributed by atoms with E-state index in [4.69, 9.17) is 16.9 Å². The van der Waals surface area contributed by atoms with Gasteiger partial charge >= 0.3 is 0 Å². The number of benzene rings is 2. The lowest BCUT2D eigenvalue weighted by atomic mass is 10.0. The largest absolute Gasteiger partial charge is 0.192 e. The predicted octanol–water partition coefficient (Wildman–Crippen LogP) is 4.00. The summed E-state index contributed by atoms with van der Waals surface area (Å²) in [6.45, 7) is 0. The number of nitrogens with zero attached hydrogens (tertiary/aromatic N) is 1. The second kappa shape index (κ2) is 5.52. The highest BCUT2D eigenvalue weighted by Crippen LogP contribution is 2.18. The van der Waals surface area contributed by atoms with Crippen molar-refractivity contribution in [2.75, 3.05) is 0 Å². The summed E-state index contributed by atoms with van der Waals surface area (Å²) < 4.78 is 0. The number of halogens is 1. The molecule has 0 amide bonds.